The van der Waals surface area contributed by atoms with Crippen molar-refractivity contribution in [3.63, 3.8) is 0 Å². The Morgan fingerprint density at radius 2 is 2.08 bits per heavy atom. The molecule has 0 aromatic heterocycles. The van der Waals surface area contributed by atoms with Gasteiger partial charge in [0.05, 0.1) is 0 Å². The molecule has 2 aliphatic carbocycles. The van der Waals surface area contributed by atoms with Crippen molar-refractivity contribution in [3.8, 4) is 0 Å². The first kappa shape index (κ1) is 9.26. The normalized spacial score (nSPS) is 41.9. The van der Waals surface area contributed by atoms with Crippen molar-refractivity contribution < 1.29 is 5.11 Å². The summed E-state index contributed by atoms with van der Waals surface area (Å²) >= 11 is 0. The molecule has 1 heteroatoms. The minimum Gasteiger partial charge on any atom is -0.396 e. The van der Waals surface area contributed by atoms with Crippen LogP contribution in [-0.4, -0.2) is 11.7 Å². The van der Waals surface area contributed by atoms with Crippen LogP contribution in [0.2, 0.25) is 0 Å². The number of allylic oxidation sites excluding steroid dienone is 2. The van der Waals surface area contributed by atoms with E-state index in [1.165, 1.54) is 25.7 Å². The van der Waals surface area contributed by atoms with Crippen LogP contribution in [0.1, 0.15) is 39.5 Å². The van der Waals surface area contributed by atoms with Crippen molar-refractivity contribution in [2.24, 2.45) is 16.7 Å². The van der Waals surface area contributed by atoms with Crippen LogP contribution in [0.4, 0.5) is 0 Å². The lowest BCUT2D eigenvalue weighted by atomic mass is 9.76. The Bertz CT molecular complexity index is 229. The van der Waals surface area contributed by atoms with Gasteiger partial charge in [-0.3, -0.25) is 0 Å². The molecule has 0 heterocycles. The fourth-order valence-electron chi connectivity index (χ4n) is 3.14. The summed E-state index contributed by atoms with van der Waals surface area (Å²) in [7, 11) is 0. The quantitative estimate of drug-likeness (QED) is 0.648. The second kappa shape index (κ2) is 2.84. The number of aliphatic hydroxyl groups excluding tert-OH is 1. The second-order valence-corrected chi connectivity index (χ2v) is 5.36. The van der Waals surface area contributed by atoms with E-state index in [4.69, 9.17) is 0 Å². The summed E-state index contributed by atoms with van der Waals surface area (Å²) in [5.74, 6) is 0.734. The lowest BCUT2D eigenvalue weighted by molar-refractivity contribution is 0.115. The Morgan fingerprint density at radius 3 is 2.46 bits per heavy atom. The molecular formula is C12H20O. The molecular weight excluding hydrogens is 160 g/mol. The molecule has 2 rings (SSSR count). The molecule has 0 radical (unpaired) electrons. The van der Waals surface area contributed by atoms with Crippen LogP contribution < -0.4 is 0 Å². The average molecular weight is 180 g/mol. The summed E-state index contributed by atoms with van der Waals surface area (Å²) in [5.41, 5.74) is 0.648. The maximum absolute atomic E-state index is 9.52. The molecule has 0 spiro atoms. The standard InChI is InChI=1S/C12H20O/c1-11(2)8-12(11,9-13)10-6-4-3-5-7-10/h3-4,10,13H,5-9H2,1-2H3. The van der Waals surface area contributed by atoms with E-state index in [-0.39, 0.29) is 5.41 Å². The fraction of sp³-hybridized carbons (Fsp3) is 0.833. The van der Waals surface area contributed by atoms with Gasteiger partial charge in [0.25, 0.3) is 0 Å². The zero-order valence-corrected chi connectivity index (χ0v) is 8.71. The van der Waals surface area contributed by atoms with Crippen LogP contribution in [0.3, 0.4) is 0 Å². The monoisotopic (exact) mass is 180 g/mol. The van der Waals surface area contributed by atoms with Gasteiger partial charge in [0, 0.05) is 12.0 Å². The molecule has 0 aromatic carbocycles. The van der Waals surface area contributed by atoms with Crippen LogP contribution >= 0.6 is 0 Å². The Morgan fingerprint density at radius 1 is 1.38 bits per heavy atom. The minimum absolute atomic E-state index is 0.262. The molecule has 13 heavy (non-hydrogen) atoms. The van der Waals surface area contributed by atoms with Crippen molar-refractivity contribution in [2.75, 3.05) is 6.61 Å². The summed E-state index contributed by atoms with van der Waals surface area (Å²) in [4.78, 5) is 0. The fourth-order valence-corrected chi connectivity index (χ4v) is 3.14. The third-order valence-corrected chi connectivity index (χ3v) is 4.31. The largest absolute Gasteiger partial charge is 0.396 e. The molecule has 1 fully saturated rings. The van der Waals surface area contributed by atoms with E-state index in [2.05, 4.69) is 26.0 Å². The summed E-state index contributed by atoms with van der Waals surface area (Å²) in [6.07, 6.45) is 9.46. The smallest absolute Gasteiger partial charge is 0.0495 e. The molecule has 0 aliphatic heterocycles. The number of rotatable bonds is 2. The third kappa shape index (κ3) is 1.25. The predicted octanol–water partition coefficient (Wildman–Crippen LogP) is 2.75. The summed E-state index contributed by atoms with van der Waals surface area (Å²) in [6, 6.07) is 0. The summed E-state index contributed by atoms with van der Waals surface area (Å²) in [6.45, 7) is 4.97. The molecule has 2 atom stereocenters. The molecule has 2 aliphatic rings. The van der Waals surface area contributed by atoms with Crippen molar-refractivity contribution in [3.05, 3.63) is 12.2 Å². The first-order chi connectivity index (χ1) is 6.12. The van der Waals surface area contributed by atoms with Crippen molar-refractivity contribution in [2.45, 2.75) is 39.5 Å². The highest BCUT2D eigenvalue weighted by Crippen LogP contribution is 2.68. The zero-order chi connectivity index (χ0) is 9.53. The van der Waals surface area contributed by atoms with Crippen molar-refractivity contribution in [1.82, 2.24) is 0 Å². The SMILES string of the molecule is CC1(C)CC1(CO)C1CC=CCC1. The molecule has 1 N–H and O–H groups in total. The van der Waals surface area contributed by atoms with Crippen LogP contribution in [0.15, 0.2) is 12.2 Å². The topological polar surface area (TPSA) is 20.2 Å². The van der Waals surface area contributed by atoms with Gasteiger partial charge in [-0.25, -0.2) is 0 Å². The summed E-state index contributed by atoms with van der Waals surface area (Å²) in [5, 5.41) is 9.52. The van der Waals surface area contributed by atoms with E-state index in [0.717, 1.165) is 5.92 Å². The van der Waals surface area contributed by atoms with E-state index < -0.39 is 0 Å². The van der Waals surface area contributed by atoms with E-state index >= 15 is 0 Å². The van der Waals surface area contributed by atoms with E-state index in [1.807, 2.05) is 0 Å². The van der Waals surface area contributed by atoms with Crippen LogP contribution in [-0.2, 0) is 0 Å². The number of aliphatic hydroxyl groups is 1. The van der Waals surface area contributed by atoms with Crippen molar-refractivity contribution in [1.29, 1.82) is 0 Å². The second-order valence-electron chi connectivity index (χ2n) is 5.36. The van der Waals surface area contributed by atoms with Crippen LogP contribution in [0.5, 0.6) is 0 Å². The first-order valence-corrected chi connectivity index (χ1v) is 5.38. The molecule has 74 valence electrons. The molecule has 1 nitrogen and oxygen atoms in total. The number of hydrogen-bond donors (Lipinski definition) is 1. The van der Waals surface area contributed by atoms with Gasteiger partial charge in [0.1, 0.15) is 0 Å². The van der Waals surface area contributed by atoms with E-state index in [1.54, 1.807) is 0 Å². The molecule has 0 aromatic rings. The molecule has 1 saturated carbocycles. The van der Waals surface area contributed by atoms with Gasteiger partial charge in [-0.15, -0.1) is 0 Å². The summed E-state index contributed by atoms with van der Waals surface area (Å²) < 4.78 is 0. The Labute approximate surface area is 80.8 Å². The highest BCUT2D eigenvalue weighted by atomic mass is 16.3. The molecule has 0 bridgehead atoms. The highest BCUT2D eigenvalue weighted by molar-refractivity contribution is 5.14. The van der Waals surface area contributed by atoms with Gasteiger partial charge in [0.2, 0.25) is 0 Å². The molecule has 0 saturated heterocycles. The lowest BCUT2D eigenvalue weighted by Crippen LogP contribution is -2.25. The van der Waals surface area contributed by atoms with Gasteiger partial charge < -0.3 is 5.11 Å². The average Bonchev–Trinajstić information content (AvgIpc) is 2.72. The minimum atomic E-state index is 0.262. The van der Waals surface area contributed by atoms with E-state index in [0.29, 0.717) is 12.0 Å². The van der Waals surface area contributed by atoms with Gasteiger partial charge in [-0.1, -0.05) is 26.0 Å². The Kier molecular flexibility index (Phi) is 2.03. The van der Waals surface area contributed by atoms with Gasteiger partial charge in [-0.05, 0) is 37.0 Å². The highest BCUT2D eigenvalue weighted by Gasteiger charge is 2.63. The first-order valence-electron chi connectivity index (χ1n) is 5.38. The van der Waals surface area contributed by atoms with Gasteiger partial charge in [-0.2, -0.15) is 0 Å². The maximum atomic E-state index is 9.52. The molecule has 0 amide bonds. The third-order valence-electron chi connectivity index (χ3n) is 4.31. The zero-order valence-electron chi connectivity index (χ0n) is 8.71. The maximum Gasteiger partial charge on any atom is 0.0495 e. The van der Waals surface area contributed by atoms with Gasteiger partial charge >= 0.3 is 0 Å². The van der Waals surface area contributed by atoms with Crippen molar-refractivity contribution >= 4 is 0 Å². The van der Waals surface area contributed by atoms with Crippen LogP contribution in [0.25, 0.3) is 0 Å². The van der Waals surface area contributed by atoms with Crippen LogP contribution in [0, 0.1) is 16.7 Å². The Hall–Kier alpha value is -0.300. The van der Waals surface area contributed by atoms with Gasteiger partial charge in [0.15, 0.2) is 0 Å². The Balaban J connectivity index is 2.11. The van der Waals surface area contributed by atoms with E-state index in [9.17, 15) is 5.11 Å². The number of hydrogen-bond acceptors (Lipinski definition) is 1. The lowest BCUT2D eigenvalue weighted by Gasteiger charge is -2.29. The molecule has 2 unspecified atom stereocenters. The predicted molar refractivity (Wildman–Crippen MR) is 54.4 cm³/mol.